The number of thiazole rings is 1. The Labute approximate surface area is 231 Å². The Morgan fingerprint density at radius 1 is 1.00 bits per heavy atom. The number of hydrogen-bond donors (Lipinski definition) is 0. The minimum atomic E-state index is 0.419. The van der Waals surface area contributed by atoms with Gasteiger partial charge >= 0.3 is 0 Å². The smallest absolute Gasteiger partial charge is 0.140 e. The van der Waals surface area contributed by atoms with Crippen LogP contribution >= 0.6 is 46.1 Å². The molecule has 36 heavy (non-hydrogen) atoms. The summed E-state index contributed by atoms with van der Waals surface area (Å²) in [7, 11) is 0. The van der Waals surface area contributed by atoms with E-state index in [1.165, 1.54) is 0 Å². The third-order valence-corrected chi connectivity index (χ3v) is 7.04. The molecule has 0 amide bonds. The van der Waals surface area contributed by atoms with Gasteiger partial charge in [-0.3, -0.25) is 4.99 Å². The van der Waals surface area contributed by atoms with Crippen molar-refractivity contribution >= 4 is 63.7 Å². The van der Waals surface area contributed by atoms with E-state index in [0.717, 1.165) is 57.6 Å². The second-order valence-corrected chi connectivity index (χ2v) is 10.2. The van der Waals surface area contributed by atoms with E-state index in [-0.39, 0.29) is 0 Å². The van der Waals surface area contributed by atoms with E-state index in [9.17, 15) is 0 Å². The van der Waals surface area contributed by atoms with E-state index >= 15 is 0 Å². The van der Waals surface area contributed by atoms with E-state index in [1.807, 2.05) is 60.1 Å². The average Bonchev–Trinajstić information content (AvgIpc) is 3.36. The van der Waals surface area contributed by atoms with Crippen molar-refractivity contribution < 1.29 is 4.74 Å². The van der Waals surface area contributed by atoms with E-state index in [0.29, 0.717) is 23.4 Å². The van der Waals surface area contributed by atoms with Crippen LogP contribution in [0.5, 0.6) is 5.75 Å². The highest BCUT2D eigenvalue weighted by Crippen LogP contribution is 2.32. The highest BCUT2D eigenvalue weighted by atomic mass is 35.5. The van der Waals surface area contributed by atoms with Crippen LogP contribution in [-0.4, -0.2) is 36.0 Å². The number of benzene rings is 3. The molecule has 0 aliphatic rings. The van der Waals surface area contributed by atoms with Gasteiger partial charge in [0.25, 0.3) is 0 Å². The number of halogens is 3. The molecular formula is C28H26Cl3N3OS. The van der Waals surface area contributed by atoms with Crippen LogP contribution in [-0.2, 0) is 6.61 Å². The maximum Gasteiger partial charge on any atom is 0.140 e. The van der Waals surface area contributed by atoms with Crippen molar-refractivity contribution in [2.45, 2.75) is 13.5 Å². The fourth-order valence-electron chi connectivity index (χ4n) is 3.67. The summed E-state index contributed by atoms with van der Waals surface area (Å²) < 4.78 is 5.80. The molecule has 0 radical (unpaired) electrons. The number of nitrogens with zero attached hydrogens (tertiary/aromatic N) is 3. The van der Waals surface area contributed by atoms with Crippen LogP contribution in [0.15, 0.2) is 77.1 Å². The molecular weight excluding hydrogens is 533 g/mol. The van der Waals surface area contributed by atoms with E-state index in [2.05, 4.69) is 35.0 Å². The first kappa shape index (κ1) is 26.5. The second kappa shape index (κ2) is 13.1. The summed E-state index contributed by atoms with van der Waals surface area (Å²) in [6.45, 7) is 4.00. The van der Waals surface area contributed by atoms with E-state index in [1.54, 1.807) is 11.3 Å². The minimum absolute atomic E-state index is 0.419. The highest BCUT2D eigenvalue weighted by Gasteiger charge is 2.10. The van der Waals surface area contributed by atoms with E-state index < -0.39 is 0 Å². The molecule has 0 atom stereocenters. The summed E-state index contributed by atoms with van der Waals surface area (Å²) in [6.07, 6.45) is 1.86. The van der Waals surface area contributed by atoms with E-state index in [4.69, 9.17) is 44.5 Å². The maximum atomic E-state index is 6.61. The topological polar surface area (TPSA) is 37.7 Å². The number of aliphatic imine (C=N–C) groups is 1. The molecule has 3 aromatic carbocycles. The molecule has 1 heterocycles. The fraction of sp³-hybridized carbons (Fsp3) is 0.214. The Kier molecular flexibility index (Phi) is 9.65. The summed E-state index contributed by atoms with van der Waals surface area (Å²) >= 11 is 20.1. The number of alkyl halides is 2. The van der Waals surface area contributed by atoms with Crippen LogP contribution in [0.25, 0.3) is 11.3 Å². The van der Waals surface area contributed by atoms with Gasteiger partial charge in [-0.2, -0.15) is 0 Å². The molecule has 0 saturated carbocycles. The summed E-state index contributed by atoms with van der Waals surface area (Å²) in [4.78, 5) is 11.5. The van der Waals surface area contributed by atoms with Gasteiger partial charge in [-0.1, -0.05) is 35.9 Å². The van der Waals surface area contributed by atoms with Gasteiger partial charge in [0.2, 0.25) is 0 Å². The molecule has 0 N–H and O–H groups in total. The number of ether oxygens (including phenoxy) is 1. The Morgan fingerprint density at radius 2 is 1.78 bits per heavy atom. The monoisotopic (exact) mass is 557 g/mol. The number of aromatic nitrogens is 1. The summed E-state index contributed by atoms with van der Waals surface area (Å²) in [5.74, 6) is 1.93. The molecule has 0 aliphatic carbocycles. The number of hydrogen-bond acceptors (Lipinski definition) is 5. The van der Waals surface area contributed by atoms with Gasteiger partial charge < -0.3 is 9.64 Å². The average molecular weight is 559 g/mol. The van der Waals surface area contributed by atoms with Gasteiger partial charge in [0, 0.05) is 47.7 Å². The first-order valence-corrected chi connectivity index (χ1v) is 13.8. The van der Waals surface area contributed by atoms with Crippen LogP contribution in [0.4, 0.5) is 11.4 Å². The Bertz CT molecular complexity index is 1300. The summed E-state index contributed by atoms with van der Waals surface area (Å²) in [6, 6.07) is 21.8. The largest absolute Gasteiger partial charge is 0.486 e. The second-order valence-electron chi connectivity index (χ2n) is 8.06. The normalized spacial score (nSPS) is 11.2. The lowest BCUT2D eigenvalue weighted by atomic mass is 10.1. The molecule has 1 aromatic heterocycles. The summed E-state index contributed by atoms with van der Waals surface area (Å²) in [5, 5.41) is 3.49. The van der Waals surface area contributed by atoms with Crippen LogP contribution in [0.1, 0.15) is 16.1 Å². The molecule has 0 unspecified atom stereocenters. The highest BCUT2D eigenvalue weighted by molar-refractivity contribution is 7.09. The maximum absolute atomic E-state index is 6.61. The lowest BCUT2D eigenvalue weighted by molar-refractivity contribution is 0.305. The minimum Gasteiger partial charge on any atom is -0.486 e. The van der Waals surface area contributed by atoms with Gasteiger partial charge in [0.05, 0.1) is 16.4 Å². The van der Waals surface area contributed by atoms with Crippen molar-refractivity contribution in [1.29, 1.82) is 0 Å². The predicted octanol–water partition coefficient (Wildman–Crippen LogP) is 8.39. The van der Waals surface area contributed by atoms with Crippen molar-refractivity contribution in [2.24, 2.45) is 4.99 Å². The lowest BCUT2D eigenvalue weighted by Crippen LogP contribution is -2.27. The van der Waals surface area contributed by atoms with Crippen LogP contribution in [0, 0.1) is 6.92 Å². The Morgan fingerprint density at radius 3 is 2.47 bits per heavy atom. The van der Waals surface area contributed by atoms with Crippen molar-refractivity contribution in [3.8, 4) is 17.0 Å². The zero-order valence-electron chi connectivity index (χ0n) is 19.8. The Hall–Kier alpha value is -2.57. The standard InChI is InChI=1S/C28H26Cl3N3OS/c1-20-15-23(34(13-11-29)14-12-30)9-7-21(20)17-32-22-8-10-25(26(31)16-22)27-19-36-28(33-27)18-35-24-5-3-2-4-6-24/h2-10,15-17,19H,11-14,18H2,1H3. The number of aryl methyl sites for hydroxylation is 1. The molecule has 4 nitrogen and oxygen atoms in total. The van der Waals surface area contributed by atoms with Crippen molar-refractivity contribution in [1.82, 2.24) is 4.98 Å². The number of para-hydroxylation sites is 1. The lowest BCUT2D eigenvalue weighted by Gasteiger charge is -2.23. The van der Waals surface area contributed by atoms with Crippen molar-refractivity contribution in [2.75, 3.05) is 29.7 Å². The van der Waals surface area contributed by atoms with Gasteiger partial charge in [0.15, 0.2) is 0 Å². The van der Waals surface area contributed by atoms with Gasteiger partial charge in [0.1, 0.15) is 17.4 Å². The molecule has 8 heteroatoms. The number of rotatable bonds is 11. The fourth-order valence-corrected chi connectivity index (χ4v) is 5.06. The van der Waals surface area contributed by atoms with Crippen LogP contribution in [0.2, 0.25) is 5.02 Å². The quantitative estimate of drug-likeness (QED) is 0.137. The third-order valence-electron chi connectivity index (χ3n) is 5.57. The molecule has 0 bridgehead atoms. The Balaban J connectivity index is 1.43. The van der Waals surface area contributed by atoms with Gasteiger partial charge in [-0.15, -0.1) is 34.5 Å². The first-order valence-electron chi connectivity index (χ1n) is 11.5. The van der Waals surface area contributed by atoms with Crippen LogP contribution < -0.4 is 9.64 Å². The first-order chi connectivity index (χ1) is 17.6. The van der Waals surface area contributed by atoms with Crippen molar-refractivity contribution in [3.63, 3.8) is 0 Å². The predicted molar refractivity (Wildman–Crippen MR) is 155 cm³/mol. The third kappa shape index (κ3) is 7.01. The van der Waals surface area contributed by atoms with Crippen LogP contribution in [0.3, 0.4) is 0 Å². The zero-order chi connectivity index (χ0) is 25.3. The molecule has 0 fully saturated rings. The molecule has 0 saturated heterocycles. The van der Waals surface area contributed by atoms with Gasteiger partial charge in [-0.25, -0.2) is 4.98 Å². The molecule has 4 rings (SSSR count). The summed E-state index contributed by atoms with van der Waals surface area (Å²) in [5.41, 5.74) is 5.75. The molecule has 0 aliphatic heterocycles. The van der Waals surface area contributed by atoms with Gasteiger partial charge in [-0.05, 0) is 60.5 Å². The molecule has 4 aromatic rings. The molecule has 186 valence electrons. The van der Waals surface area contributed by atoms with Crippen molar-refractivity contribution in [3.05, 3.63) is 93.3 Å². The molecule has 0 spiro atoms. The zero-order valence-corrected chi connectivity index (χ0v) is 22.9. The SMILES string of the molecule is Cc1cc(N(CCCl)CCCl)ccc1C=Nc1ccc(-c2csc(COc3ccccc3)n2)c(Cl)c1. The number of anilines is 1.